The van der Waals surface area contributed by atoms with Crippen molar-refractivity contribution in [2.24, 2.45) is 0 Å². The van der Waals surface area contributed by atoms with Crippen LogP contribution in [0.15, 0.2) is 40.9 Å². The van der Waals surface area contributed by atoms with Crippen molar-refractivity contribution in [2.45, 2.75) is 6.92 Å². The van der Waals surface area contributed by atoms with E-state index >= 15 is 0 Å². The summed E-state index contributed by atoms with van der Waals surface area (Å²) < 4.78 is 31.9. The van der Waals surface area contributed by atoms with Gasteiger partial charge in [0.15, 0.2) is 17.4 Å². The highest BCUT2D eigenvalue weighted by Gasteiger charge is 2.15. The number of ether oxygens (including phenoxy) is 1. The molecule has 0 atom stereocenters. The van der Waals surface area contributed by atoms with Crippen LogP contribution in [-0.2, 0) is 0 Å². The molecule has 0 radical (unpaired) electrons. The van der Waals surface area contributed by atoms with Crippen molar-refractivity contribution in [3.05, 3.63) is 63.6 Å². The average Bonchev–Trinajstić information content (AvgIpc) is 2.42. The summed E-state index contributed by atoms with van der Waals surface area (Å²) in [5.74, 6) is -1.79. The lowest BCUT2D eigenvalue weighted by atomic mass is 10.0. The topological polar surface area (TPSA) is 26.3 Å². The van der Waals surface area contributed by atoms with Crippen molar-refractivity contribution in [2.75, 3.05) is 6.61 Å². The number of carbonyl (C=O) groups is 1. The highest BCUT2D eigenvalue weighted by molar-refractivity contribution is 9.10. The Morgan fingerprint density at radius 3 is 2.50 bits per heavy atom. The van der Waals surface area contributed by atoms with E-state index < -0.39 is 11.6 Å². The molecule has 2 nitrogen and oxygen atoms in total. The predicted octanol–water partition coefficient (Wildman–Crippen LogP) is 4.36. The second-order valence-electron chi connectivity index (χ2n) is 4.03. The van der Waals surface area contributed by atoms with Crippen molar-refractivity contribution < 1.29 is 18.3 Å². The number of rotatable bonds is 4. The Labute approximate surface area is 123 Å². The molecule has 0 aliphatic carbocycles. The van der Waals surface area contributed by atoms with Gasteiger partial charge in [-0.25, -0.2) is 8.78 Å². The predicted molar refractivity (Wildman–Crippen MR) is 75.1 cm³/mol. The molecule has 0 aliphatic rings. The van der Waals surface area contributed by atoms with Crippen LogP contribution in [0.25, 0.3) is 0 Å². The van der Waals surface area contributed by atoms with Gasteiger partial charge in [0.25, 0.3) is 0 Å². The Hall–Kier alpha value is -1.75. The van der Waals surface area contributed by atoms with Gasteiger partial charge in [-0.05, 0) is 59.3 Å². The van der Waals surface area contributed by atoms with Crippen molar-refractivity contribution in [1.29, 1.82) is 0 Å². The van der Waals surface area contributed by atoms with Crippen LogP contribution < -0.4 is 4.74 Å². The number of hydrogen-bond donors (Lipinski definition) is 0. The normalized spacial score (nSPS) is 10.4. The summed E-state index contributed by atoms with van der Waals surface area (Å²) in [6.07, 6.45) is 0. The first kappa shape index (κ1) is 14.7. The van der Waals surface area contributed by atoms with E-state index in [9.17, 15) is 13.6 Å². The van der Waals surface area contributed by atoms with Crippen LogP contribution in [0.4, 0.5) is 8.78 Å². The first-order chi connectivity index (χ1) is 9.52. The molecular formula is C15H11BrF2O2. The van der Waals surface area contributed by atoms with Gasteiger partial charge in [-0.1, -0.05) is 0 Å². The number of hydrogen-bond acceptors (Lipinski definition) is 2. The summed E-state index contributed by atoms with van der Waals surface area (Å²) in [5, 5.41) is 0. The third-order valence-electron chi connectivity index (χ3n) is 2.68. The van der Waals surface area contributed by atoms with E-state index in [1.54, 1.807) is 18.2 Å². The molecular weight excluding hydrogens is 330 g/mol. The van der Waals surface area contributed by atoms with E-state index in [1.165, 1.54) is 6.07 Å². The fourth-order valence-electron chi connectivity index (χ4n) is 1.73. The van der Waals surface area contributed by atoms with Gasteiger partial charge in [0.05, 0.1) is 6.61 Å². The SMILES string of the molecule is CCOc1ccc(C(=O)c2ccc(F)c(F)c2)c(Br)c1. The number of carbonyl (C=O) groups excluding carboxylic acids is 1. The number of benzene rings is 2. The van der Waals surface area contributed by atoms with Gasteiger partial charge in [-0.15, -0.1) is 0 Å². The van der Waals surface area contributed by atoms with Gasteiger partial charge in [-0.2, -0.15) is 0 Å². The first-order valence-corrected chi connectivity index (χ1v) is 6.74. The van der Waals surface area contributed by atoms with Crippen LogP contribution >= 0.6 is 15.9 Å². The summed E-state index contributed by atoms with van der Waals surface area (Å²) in [5.41, 5.74) is 0.452. The molecule has 2 aromatic rings. The molecule has 0 saturated carbocycles. The Morgan fingerprint density at radius 2 is 1.90 bits per heavy atom. The van der Waals surface area contributed by atoms with Crippen molar-refractivity contribution in [3.63, 3.8) is 0 Å². The third-order valence-corrected chi connectivity index (χ3v) is 3.33. The first-order valence-electron chi connectivity index (χ1n) is 5.95. The minimum atomic E-state index is -1.04. The number of ketones is 1. The molecule has 0 bridgehead atoms. The smallest absolute Gasteiger partial charge is 0.194 e. The molecule has 0 N–H and O–H groups in total. The van der Waals surface area contributed by atoms with Crippen LogP contribution in [0.3, 0.4) is 0 Å². The van der Waals surface area contributed by atoms with Crippen molar-refractivity contribution in [1.82, 2.24) is 0 Å². The summed E-state index contributed by atoms with van der Waals surface area (Å²) in [7, 11) is 0. The molecule has 20 heavy (non-hydrogen) atoms. The largest absolute Gasteiger partial charge is 0.494 e. The van der Waals surface area contributed by atoms with Crippen LogP contribution in [0.1, 0.15) is 22.8 Å². The van der Waals surface area contributed by atoms with E-state index in [0.29, 0.717) is 22.4 Å². The van der Waals surface area contributed by atoms with Crippen LogP contribution in [0, 0.1) is 11.6 Å². The quantitative estimate of drug-likeness (QED) is 0.773. The second kappa shape index (κ2) is 6.13. The van der Waals surface area contributed by atoms with E-state index in [1.807, 2.05) is 6.92 Å². The molecule has 0 amide bonds. The lowest BCUT2D eigenvalue weighted by molar-refractivity contribution is 0.103. The molecule has 5 heteroatoms. The van der Waals surface area contributed by atoms with Gasteiger partial charge >= 0.3 is 0 Å². The molecule has 0 fully saturated rings. The fraction of sp³-hybridized carbons (Fsp3) is 0.133. The second-order valence-corrected chi connectivity index (χ2v) is 4.89. The lowest BCUT2D eigenvalue weighted by Gasteiger charge is -2.08. The molecule has 0 spiro atoms. The zero-order valence-electron chi connectivity index (χ0n) is 10.6. The fourth-order valence-corrected chi connectivity index (χ4v) is 2.27. The van der Waals surface area contributed by atoms with Gasteiger partial charge in [0, 0.05) is 15.6 Å². The molecule has 104 valence electrons. The highest BCUT2D eigenvalue weighted by Crippen LogP contribution is 2.25. The highest BCUT2D eigenvalue weighted by atomic mass is 79.9. The molecule has 0 aromatic heterocycles. The maximum Gasteiger partial charge on any atom is 0.194 e. The van der Waals surface area contributed by atoms with E-state index in [2.05, 4.69) is 15.9 Å². The minimum Gasteiger partial charge on any atom is -0.494 e. The third kappa shape index (κ3) is 3.04. The molecule has 0 heterocycles. The van der Waals surface area contributed by atoms with Gasteiger partial charge < -0.3 is 4.74 Å². The average molecular weight is 341 g/mol. The Morgan fingerprint density at radius 1 is 1.15 bits per heavy atom. The van der Waals surface area contributed by atoms with Gasteiger partial charge in [-0.3, -0.25) is 4.79 Å². The summed E-state index contributed by atoms with van der Waals surface area (Å²) in [4.78, 5) is 12.2. The summed E-state index contributed by atoms with van der Waals surface area (Å²) >= 11 is 3.28. The lowest BCUT2D eigenvalue weighted by Crippen LogP contribution is -2.04. The van der Waals surface area contributed by atoms with Crippen LogP contribution in [0.5, 0.6) is 5.75 Å². The molecule has 0 saturated heterocycles. The number of halogens is 3. The zero-order valence-corrected chi connectivity index (χ0v) is 12.2. The van der Waals surface area contributed by atoms with Gasteiger partial charge in [0.1, 0.15) is 5.75 Å². The zero-order chi connectivity index (χ0) is 14.7. The standard InChI is InChI=1S/C15H11BrF2O2/c1-2-20-10-4-5-11(12(16)8-10)15(19)9-3-6-13(17)14(18)7-9/h3-8H,2H2,1H3. The van der Waals surface area contributed by atoms with E-state index in [-0.39, 0.29) is 11.3 Å². The minimum absolute atomic E-state index is 0.0914. The molecule has 2 aromatic carbocycles. The Balaban J connectivity index is 2.35. The van der Waals surface area contributed by atoms with Crippen LogP contribution in [-0.4, -0.2) is 12.4 Å². The monoisotopic (exact) mass is 340 g/mol. The molecule has 0 aliphatic heterocycles. The van der Waals surface area contributed by atoms with Crippen LogP contribution in [0.2, 0.25) is 0 Å². The van der Waals surface area contributed by atoms with E-state index in [4.69, 9.17) is 4.74 Å². The van der Waals surface area contributed by atoms with E-state index in [0.717, 1.165) is 12.1 Å². The maximum atomic E-state index is 13.2. The Kier molecular flexibility index (Phi) is 4.49. The molecule has 0 unspecified atom stereocenters. The molecule has 2 rings (SSSR count). The summed E-state index contributed by atoms with van der Waals surface area (Å²) in [6.45, 7) is 2.37. The maximum absolute atomic E-state index is 13.2. The Bertz CT molecular complexity index is 656. The van der Waals surface area contributed by atoms with Crippen molar-refractivity contribution >= 4 is 21.7 Å². The van der Waals surface area contributed by atoms with Gasteiger partial charge in [0.2, 0.25) is 0 Å². The van der Waals surface area contributed by atoms with Crippen molar-refractivity contribution in [3.8, 4) is 5.75 Å². The summed E-state index contributed by atoms with van der Waals surface area (Å²) in [6, 6.07) is 7.98.